The molecule has 0 amide bonds. The first-order valence-corrected chi connectivity index (χ1v) is 9.81. The Kier molecular flexibility index (Phi) is 5.36. The lowest BCUT2D eigenvalue weighted by molar-refractivity contribution is -0.138. The van der Waals surface area contributed by atoms with E-state index in [-0.39, 0.29) is 35.8 Å². The molecule has 1 aliphatic carbocycles. The fourth-order valence-corrected chi connectivity index (χ4v) is 4.93. The number of aromatic nitrogens is 2. The second-order valence-corrected chi connectivity index (χ2v) is 7.96. The Bertz CT molecular complexity index is 924. The van der Waals surface area contributed by atoms with Crippen molar-refractivity contribution in [3.05, 3.63) is 47.2 Å². The smallest absolute Gasteiger partial charge is 0.416 e. The van der Waals surface area contributed by atoms with Crippen LogP contribution in [0.15, 0.2) is 30.5 Å². The largest absolute Gasteiger partial charge is 0.481 e. The average Bonchev–Trinajstić information content (AvgIpc) is 3.27. The summed E-state index contributed by atoms with van der Waals surface area (Å²) in [4.78, 5) is 10.3. The highest BCUT2D eigenvalue weighted by Gasteiger charge is 2.54. The predicted molar refractivity (Wildman–Crippen MR) is 102 cm³/mol. The molecule has 2 fully saturated rings. The molecule has 2 aliphatic rings. The van der Waals surface area contributed by atoms with Crippen LogP contribution in [-0.2, 0) is 18.3 Å². The molecule has 0 bridgehead atoms. The zero-order valence-corrected chi connectivity index (χ0v) is 16.8. The van der Waals surface area contributed by atoms with Gasteiger partial charge in [0.05, 0.1) is 25.3 Å². The van der Waals surface area contributed by atoms with Crippen LogP contribution in [0.1, 0.15) is 29.5 Å². The number of nitrogens with zero attached hydrogens (tertiary/aromatic N) is 3. The predicted octanol–water partition coefficient (Wildman–Crippen LogP) is 3.24. The van der Waals surface area contributed by atoms with E-state index in [0.717, 1.165) is 12.5 Å². The van der Waals surface area contributed by atoms with Gasteiger partial charge in [0, 0.05) is 31.7 Å². The number of rotatable bonds is 5. The van der Waals surface area contributed by atoms with Gasteiger partial charge in [-0.25, -0.2) is 4.98 Å². The van der Waals surface area contributed by atoms with Crippen LogP contribution in [0.2, 0.25) is 0 Å². The zero-order chi connectivity index (χ0) is 21.5. The van der Waals surface area contributed by atoms with Gasteiger partial charge < -0.3 is 14.6 Å². The van der Waals surface area contributed by atoms with Crippen molar-refractivity contribution in [3.8, 4) is 11.9 Å². The average molecular weight is 423 g/mol. The molecule has 3 atom stereocenters. The summed E-state index contributed by atoms with van der Waals surface area (Å²) in [7, 11) is 2.92. The highest BCUT2D eigenvalue weighted by Crippen LogP contribution is 2.52. The first-order chi connectivity index (χ1) is 14.3. The molecule has 4 rings (SSSR count). The minimum absolute atomic E-state index is 0.138. The van der Waals surface area contributed by atoms with E-state index < -0.39 is 17.3 Å². The number of fused-ring (bicyclic) bond motifs is 1. The lowest BCUT2D eigenvalue weighted by atomic mass is 9.83. The molecular weight excluding hydrogens is 399 g/mol. The van der Waals surface area contributed by atoms with Crippen molar-refractivity contribution in [1.29, 1.82) is 0 Å². The Morgan fingerprint density at radius 2 is 1.97 bits per heavy atom. The summed E-state index contributed by atoms with van der Waals surface area (Å²) in [5, 5.41) is 11.6. The number of methoxy groups -OCH3 is 2. The van der Waals surface area contributed by atoms with E-state index in [1.165, 1.54) is 32.5 Å². The van der Waals surface area contributed by atoms with Crippen molar-refractivity contribution in [2.24, 2.45) is 11.8 Å². The van der Waals surface area contributed by atoms with Crippen LogP contribution in [0.4, 0.5) is 13.2 Å². The first kappa shape index (κ1) is 20.9. The van der Waals surface area contributed by atoms with Gasteiger partial charge in [-0.2, -0.15) is 18.2 Å². The maximum atomic E-state index is 13.3. The number of halogens is 3. The topological polar surface area (TPSA) is 67.7 Å². The molecule has 6 nitrogen and oxygen atoms in total. The van der Waals surface area contributed by atoms with Gasteiger partial charge in [-0.05, 0) is 30.4 Å². The molecule has 9 heteroatoms. The quantitative estimate of drug-likeness (QED) is 0.797. The SMILES string of the molecule is COc1ncc([C@]2(O)CC[C@H]3CN(Cc4ccccc4C(F)(F)F)C[C@H]32)c(OC)n1. The maximum absolute atomic E-state index is 13.3. The molecule has 0 radical (unpaired) electrons. The second kappa shape index (κ2) is 7.70. The van der Waals surface area contributed by atoms with Gasteiger partial charge in [0.25, 0.3) is 0 Å². The summed E-state index contributed by atoms with van der Waals surface area (Å²) in [5.74, 6) is 0.298. The van der Waals surface area contributed by atoms with Gasteiger partial charge in [0.1, 0.15) is 5.60 Å². The third-order valence-electron chi connectivity index (χ3n) is 6.32. The van der Waals surface area contributed by atoms with E-state index in [2.05, 4.69) is 9.97 Å². The normalized spacial score (nSPS) is 26.6. The van der Waals surface area contributed by atoms with Crippen molar-refractivity contribution in [2.75, 3.05) is 27.3 Å². The third-order valence-corrected chi connectivity index (χ3v) is 6.32. The Morgan fingerprint density at radius 1 is 1.20 bits per heavy atom. The molecule has 1 saturated carbocycles. The molecule has 1 N–H and O–H groups in total. The lowest BCUT2D eigenvalue weighted by Crippen LogP contribution is -2.35. The van der Waals surface area contributed by atoms with Crippen LogP contribution in [0.3, 0.4) is 0 Å². The van der Waals surface area contributed by atoms with Gasteiger partial charge in [0.2, 0.25) is 5.88 Å². The number of hydrogen-bond acceptors (Lipinski definition) is 6. The highest BCUT2D eigenvalue weighted by atomic mass is 19.4. The van der Waals surface area contributed by atoms with Gasteiger partial charge in [-0.3, -0.25) is 4.90 Å². The molecule has 1 aliphatic heterocycles. The number of likely N-dealkylation sites (tertiary alicyclic amines) is 1. The molecule has 162 valence electrons. The maximum Gasteiger partial charge on any atom is 0.416 e. The summed E-state index contributed by atoms with van der Waals surface area (Å²) in [6.07, 6.45) is -1.56. The number of benzene rings is 1. The molecule has 1 aromatic heterocycles. The van der Waals surface area contributed by atoms with Crippen molar-refractivity contribution in [3.63, 3.8) is 0 Å². The van der Waals surface area contributed by atoms with Crippen LogP contribution in [0, 0.1) is 11.8 Å². The van der Waals surface area contributed by atoms with E-state index in [9.17, 15) is 18.3 Å². The van der Waals surface area contributed by atoms with Crippen LogP contribution < -0.4 is 9.47 Å². The molecule has 1 aromatic carbocycles. The van der Waals surface area contributed by atoms with Crippen molar-refractivity contribution in [1.82, 2.24) is 14.9 Å². The summed E-state index contributed by atoms with van der Waals surface area (Å²) < 4.78 is 50.4. The third kappa shape index (κ3) is 3.60. The van der Waals surface area contributed by atoms with Crippen LogP contribution in [-0.4, -0.2) is 47.3 Å². The van der Waals surface area contributed by atoms with Crippen LogP contribution >= 0.6 is 0 Å². The zero-order valence-electron chi connectivity index (χ0n) is 16.8. The van der Waals surface area contributed by atoms with Gasteiger partial charge in [-0.1, -0.05) is 18.2 Å². The van der Waals surface area contributed by atoms with Gasteiger partial charge >= 0.3 is 12.2 Å². The Balaban J connectivity index is 1.57. The van der Waals surface area contributed by atoms with Crippen LogP contribution in [0.25, 0.3) is 0 Å². The minimum atomic E-state index is -4.39. The van der Waals surface area contributed by atoms with E-state index in [4.69, 9.17) is 9.47 Å². The molecular formula is C21H24F3N3O3. The molecule has 1 saturated heterocycles. The Labute approximate surface area is 172 Å². The van der Waals surface area contributed by atoms with E-state index in [1.807, 2.05) is 4.90 Å². The van der Waals surface area contributed by atoms with Crippen molar-refractivity contribution < 1.29 is 27.8 Å². The summed E-state index contributed by atoms with van der Waals surface area (Å²) in [5.41, 5.74) is -1.06. The van der Waals surface area contributed by atoms with Crippen LogP contribution in [0.5, 0.6) is 11.9 Å². The molecule has 0 spiro atoms. The number of ether oxygens (including phenoxy) is 2. The molecule has 2 heterocycles. The molecule has 2 aromatic rings. The van der Waals surface area contributed by atoms with E-state index in [0.29, 0.717) is 25.1 Å². The second-order valence-electron chi connectivity index (χ2n) is 7.96. The van der Waals surface area contributed by atoms with Gasteiger partial charge in [0.15, 0.2) is 0 Å². The summed E-state index contributed by atoms with van der Waals surface area (Å²) >= 11 is 0. The fraction of sp³-hybridized carbons (Fsp3) is 0.524. The number of hydrogen-bond donors (Lipinski definition) is 1. The lowest BCUT2D eigenvalue weighted by Gasteiger charge is -2.31. The highest BCUT2D eigenvalue weighted by molar-refractivity contribution is 5.34. The van der Waals surface area contributed by atoms with E-state index in [1.54, 1.807) is 6.07 Å². The minimum Gasteiger partial charge on any atom is -0.481 e. The monoisotopic (exact) mass is 423 g/mol. The number of alkyl halides is 3. The summed E-state index contributed by atoms with van der Waals surface area (Å²) in [6, 6.07) is 5.80. The van der Waals surface area contributed by atoms with Gasteiger partial charge in [-0.15, -0.1) is 0 Å². The van der Waals surface area contributed by atoms with Crippen molar-refractivity contribution in [2.45, 2.75) is 31.2 Å². The standard InChI is InChI=1S/C21H24F3N3O3/c1-29-18-16(9-25-19(26-18)30-2)20(28)8-7-14-11-27(12-17(14)20)10-13-5-3-4-6-15(13)21(22,23)24/h3-6,9,14,17,28H,7-8,10-12H2,1-2H3/t14-,17+,20+/m0/s1. The number of aliphatic hydroxyl groups is 1. The first-order valence-electron chi connectivity index (χ1n) is 9.81. The van der Waals surface area contributed by atoms with E-state index >= 15 is 0 Å². The summed E-state index contributed by atoms with van der Waals surface area (Å²) in [6.45, 7) is 1.32. The molecule has 0 unspecified atom stereocenters. The Morgan fingerprint density at radius 3 is 2.67 bits per heavy atom. The van der Waals surface area contributed by atoms with Crippen molar-refractivity contribution >= 4 is 0 Å². The Hall–Kier alpha value is -2.39. The fourth-order valence-electron chi connectivity index (χ4n) is 4.93. The molecule has 30 heavy (non-hydrogen) atoms.